The maximum absolute atomic E-state index is 11.7. The van der Waals surface area contributed by atoms with Crippen molar-refractivity contribution in [2.45, 2.75) is 39.0 Å². The first-order chi connectivity index (χ1) is 8.74. The first-order valence-corrected chi connectivity index (χ1v) is 6.86. The summed E-state index contributed by atoms with van der Waals surface area (Å²) in [7, 11) is 0. The van der Waals surface area contributed by atoms with Crippen LogP contribution in [0.4, 0.5) is 0 Å². The van der Waals surface area contributed by atoms with E-state index in [4.69, 9.17) is 4.74 Å². The average Bonchev–Trinajstić information content (AvgIpc) is 2.42. The number of carbonyl (C=O) groups excluding carboxylic acids is 2. The molecule has 1 aliphatic heterocycles. The zero-order chi connectivity index (χ0) is 13.2. The van der Waals surface area contributed by atoms with Crippen molar-refractivity contribution in [1.29, 1.82) is 0 Å². The molecule has 1 saturated heterocycles. The van der Waals surface area contributed by atoms with E-state index in [0.29, 0.717) is 19.8 Å². The molecule has 104 valence electrons. The molecule has 0 saturated carbocycles. The van der Waals surface area contributed by atoms with Crippen LogP contribution in [-0.4, -0.2) is 38.1 Å². The molecule has 0 aromatic carbocycles. The van der Waals surface area contributed by atoms with Crippen LogP contribution in [-0.2, 0) is 14.3 Å². The van der Waals surface area contributed by atoms with Crippen molar-refractivity contribution in [2.75, 3.05) is 26.3 Å². The van der Waals surface area contributed by atoms with Gasteiger partial charge in [-0.25, -0.2) is 0 Å². The Morgan fingerprint density at radius 1 is 1.17 bits per heavy atom. The smallest absolute Gasteiger partial charge is 0.239 e. The Balaban J connectivity index is 2.07. The van der Waals surface area contributed by atoms with Crippen molar-refractivity contribution in [2.24, 2.45) is 5.92 Å². The highest BCUT2D eigenvalue weighted by Gasteiger charge is 2.21. The molecular weight excluding hydrogens is 232 g/mol. The predicted octanol–water partition coefficient (Wildman–Crippen LogP) is 0.836. The molecular formula is C13H24N2O3. The van der Waals surface area contributed by atoms with Gasteiger partial charge in [0.1, 0.15) is 0 Å². The summed E-state index contributed by atoms with van der Waals surface area (Å²) in [5.74, 6) is -0.125. The minimum absolute atomic E-state index is 0.00615. The van der Waals surface area contributed by atoms with Crippen LogP contribution in [0.25, 0.3) is 0 Å². The van der Waals surface area contributed by atoms with Crippen molar-refractivity contribution >= 4 is 11.8 Å². The summed E-state index contributed by atoms with van der Waals surface area (Å²) in [6.07, 6.45) is 4.76. The lowest BCUT2D eigenvalue weighted by Gasteiger charge is -2.21. The lowest BCUT2D eigenvalue weighted by molar-refractivity contribution is -0.130. The third kappa shape index (κ3) is 6.00. The topological polar surface area (TPSA) is 67.4 Å². The summed E-state index contributed by atoms with van der Waals surface area (Å²) in [5.41, 5.74) is 0. The second-order valence-electron chi connectivity index (χ2n) is 4.66. The summed E-state index contributed by atoms with van der Waals surface area (Å²) in [4.78, 5) is 23.2. The number of carbonyl (C=O) groups is 2. The van der Waals surface area contributed by atoms with Gasteiger partial charge in [0.15, 0.2) is 0 Å². The van der Waals surface area contributed by atoms with Gasteiger partial charge in [-0.1, -0.05) is 19.8 Å². The van der Waals surface area contributed by atoms with Crippen LogP contribution in [0.5, 0.6) is 0 Å². The molecule has 1 heterocycles. The number of amides is 2. The summed E-state index contributed by atoms with van der Waals surface area (Å²) in [6, 6.07) is 0. The Morgan fingerprint density at radius 3 is 2.56 bits per heavy atom. The lowest BCUT2D eigenvalue weighted by atomic mass is 9.99. The highest BCUT2D eigenvalue weighted by Crippen LogP contribution is 2.14. The number of ether oxygens (including phenoxy) is 1. The molecule has 1 fully saturated rings. The third-order valence-electron chi connectivity index (χ3n) is 3.12. The fourth-order valence-electron chi connectivity index (χ4n) is 1.94. The molecule has 5 heteroatoms. The predicted molar refractivity (Wildman–Crippen MR) is 69.1 cm³/mol. The molecule has 0 aromatic heterocycles. The molecule has 1 aliphatic rings. The Hall–Kier alpha value is -1.10. The SMILES string of the molecule is CCCCCNC(=O)CNC(=O)C1CCOCC1. The van der Waals surface area contributed by atoms with Crippen LogP contribution >= 0.6 is 0 Å². The number of hydrogen-bond donors (Lipinski definition) is 2. The van der Waals surface area contributed by atoms with Gasteiger partial charge >= 0.3 is 0 Å². The summed E-state index contributed by atoms with van der Waals surface area (Å²) >= 11 is 0. The van der Waals surface area contributed by atoms with Crippen LogP contribution < -0.4 is 10.6 Å². The van der Waals surface area contributed by atoms with Crippen molar-refractivity contribution in [3.8, 4) is 0 Å². The molecule has 2 amide bonds. The number of hydrogen-bond acceptors (Lipinski definition) is 3. The van der Waals surface area contributed by atoms with E-state index < -0.39 is 0 Å². The van der Waals surface area contributed by atoms with Crippen LogP contribution in [0.3, 0.4) is 0 Å². The van der Waals surface area contributed by atoms with Crippen molar-refractivity contribution in [1.82, 2.24) is 10.6 Å². The quantitative estimate of drug-likeness (QED) is 0.663. The first-order valence-electron chi connectivity index (χ1n) is 6.86. The Kier molecular flexibility index (Phi) is 7.41. The number of unbranched alkanes of at least 4 members (excludes halogenated alkanes) is 2. The van der Waals surface area contributed by atoms with Crippen LogP contribution in [0.2, 0.25) is 0 Å². The van der Waals surface area contributed by atoms with Gasteiger partial charge in [-0.2, -0.15) is 0 Å². The largest absolute Gasteiger partial charge is 0.381 e. The van der Waals surface area contributed by atoms with Gasteiger partial charge in [-0.15, -0.1) is 0 Å². The Bertz CT molecular complexity index is 263. The molecule has 0 spiro atoms. The fourth-order valence-corrected chi connectivity index (χ4v) is 1.94. The van der Waals surface area contributed by atoms with Crippen LogP contribution in [0.1, 0.15) is 39.0 Å². The summed E-state index contributed by atoms with van der Waals surface area (Å²) in [5, 5.41) is 5.48. The van der Waals surface area contributed by atoms with Gasteiger partial charge in [0.2, 0.25) is 11.8 Å². The van der Waals surface area contributed by atoms with Crippen LogP contribution in [0, 0.1) is 5.92 Å². The molecule has 0 aromatic rings. The molecule has 2 N–H and O–H groups in total. The monoisotopic (exact) mass is 256 g/mol. The summed E-state index contributed by atoms with van der Waals surface area (Å²) in [6.45, 7) is 4.18. The highest BCUT2D eigenvalue weighted by atomic mass is 16.5. The Morgan fingerprint density at radius 2 is 1.89 bits per heavy atom. The minimum Gasteiger partial charge on any atom is -0.381 e. The van der Waals surface area contributed by atoms with Gasteiger partial charge < -0.3 is 15.4 Å². The average molecular weight is 256 g/mol. The van der Waals surface area contributed by atoms with Crippen LogP contribution in [0.15, 0.2) is 0 Å². The van der Waals surface area contributed by atoms with Gasteiger partial charge in [-0.05, 0) is 19.3 Å². The highest BCUT2D eigenvalue weighted by molar-refractivity contribution is 5.85. The molecule has 1 rings (SSSR count). The van der Waals surface area contributed by atoms with Gasteiger partial charge in [0.05, 0.1) is 6.54 Å². The van der Waals surface area contributed by atoms with E-state index in [2.05, 4.69) is 17.6 Å². The summed E-state index contributed by atoms with van der Waals surface area (Å²) < 4.78 is 5.19. The Labute approximate surface area is 109 Å². The van der Waals surface area contributed by atoms with Gasteiger partial charge in [-0.3, -0.25) is 9.59 Å². The van der Waals surface area contributed by atoms with E-state index in [1.165, 1.54) is 0 Å². The van der Waals surface area contributed by atoms with E-state index in [1.54, 1.807) is 0 Å². The fraction of sp³-hybridized carbons (Fsp3) is 0.846. The number of rotatable bonds is 7. The van der Waals surface area contributed by atoms with E-state index in [9.17, 15) is 9.59 Å². The maximum Gasteiger partial charge on any atom is 0.239 e. The molecule has 0 unspecified atom stereocenters. The zero-order valence-corrected chi connectivity index (χ0v) is 11.2. The van der Waals surface area contributed by atoms with E-state index in [1.807, 2.05) is 0 Å². The van der Waals surface area contributed by atoms with Crippen molar-refractivity contribution in [3.63, 3.8) is 0 Å². The minimum atomic E-state index is -0.105. The molecule has 5 nitrogen and oxygen atoms in total. The number of nitrogens with one attached hydrogen (secondary N) is 2. The van der Waals surface area contributed by atoms with E-state index >= 15 is 0 Å². The molecule has 0 radical (unpaired) electrons. The maximum atomic E-state index is 11.7. The molecule has 0 aliphatic carbocycles. The second-order valence-corrected chi connectivity index (χ2v) is 4.66. The van der Waals surface area contributed by atoms with Gasteiger partial charge in [0.25, 0.3) is 0 Å². The first kappa shape index (κ1) is 15.0. The standard InChI is InChI=1S/C13H24N2O3/c1-2-3-4-7-14-12(16)10-15-13(17)11-5-8-18-9-6-11/h11H,2-10H2,1H3,(H,14,16)(H,15,17). The molecule has 0 bridgehead atoms. The lowest BCUT2D eigenvalue weighted by Crippen LogP contribution is -2.41. The third-order valence-corrected chi connectivity index (χ3v) is 3.12. The van der Waals surface area contributed by atoms with Crippen molar-refractivity contribution < 1.29 is 14.3 Å². The zero-order valence-electron chi connectivity index (χ0n) is 11.2. The van der Waals surface area contributed by atoms with Crippen molar-refractivity contribution in [3.05, 3.63) is 0 Å². The molecule has 0 atom stereocenters. The second kappa shape index (κ2) is 8.91. The van der Waals surface area contributed by atoms with E-state index in [-0.39, 0.29) is 24.3 Å². The van der Waals surface area contributed by atoms with E-state index in [0.717, 1.165) is 32.1 Å². The molecule has 18 heavy (non-hydrogen) atoms. The van der Waals surface area contributed by atoms with Gasteiger partial charge in [0, 0.05) is 25.7 Å². The normalized spacial score (nSPS) is 16.3.